The normalized spacial score (nSPS) is 10.7. The molecular weight excluding hydrogens is 342 g/mol. The summed E-state index contributed by atoms with van der Waals surface area (Å²) in [6, 6.07) is 13.1. The predicted octanol–water partition coefficient (Wildman–Crippen LogP) is 4.96. The molecule has 114 valence electrons. The molecule has 0 atom stereocenters. The molecule has 0 aliphatic heterocycles. The number of carbonyl (C=O) groups is 1. The van der Waals surface area contributed by atoms with Crippen LogP contribution in [0, 0.1) is 6.92 Å². The first kappa shape index (κ1) is 16.3. The van der Waals surface area contributed by atoms with Crippen molar-refractivity contribution in [2.75, 3.05) is 11.9 Å². The Balaban J connectivity index is 1.98. The molecule has 0 fully saturated rings. The quantitative estimate of drug-likeness (QED) is 0.584. The molecule has 22 heavy (non-hydrogen) atoms. The maximum atomic E-state index is 12.1. The second-order valence-electron chi connectivity index (χ2n) is 4.76. The lowest BCUT2D eigenvalue weighted by Crippen LogP contribution is -1.98. The number of hydrogen-bond donors (Lipinski definition) is 1. The Hall–Kier alpha value is -2.07. The molecule has 0 amide bonds. The van der Waals surface area contributed by atoms with E-state index in [9.17, 15) is 4.79 Å². The highest BCUT2D eigenvalue weighted by Gasteiger charge is 2.02. The van der Waals surface area contributed by atoms with Crippen molar-refractivity contribution in [2.45, 2.75) is 13.8 Å². The lowest BCUT2D eigenvalue weighted by atomic mass is 10.1. The first-order valence-corrected chi connectivity index (χ1v) is 7.86. The number of carbonyl (C=O) groups excluding carboxylic acids is 1. The van der Waals surface area contributed by atoms with Gasteiger partial charge in [0.25, 0.3) is 0 Å². The largest absolute Gasteiger partial charge is 0.494 e. The van der Waals surface area contributed by atoms with E-state index in [2.05, 4.69) is 21.2 Å². The van der Waals surface area contributed by atoms with Crippen molar-refractivity contribution >= 4 is 27.4 Å². The highest BCUT2D eigenvalue weighted by Crippen LogP contribution is 2.20. The van der Waals surface area contributed by atoms with E-state index in [-0.39, 0.29) is 5.78 Å². The average molecular weight is 360 g/mol. The van der Waals surface area contributed by atoms with Crippen LogP contribution in [0.15, 0.2) is 59.2 Å². The summed E-state index contributed by atoms with van der Waals surface area (Å²) in [5.41, 5.74) is 2.71. The van der Waals surface area contributed by atoms with Crippen molar-refractivity contribution < 1.29 is 9.53 Å². The molecule has 0 aliphatic rings. The van der Waals surface area contributed by atoms with Crippen molar-refractivity contribution in [3.05, 3.63) is 70.3 Å². The number of allylic oxidation sites excluding steroid dienone is 1. The minimum Gasteiger partial charge on any atom is -0.494 e. The van der Waals surface area contributed by atoms with Gasteiger partial charge in [-0.15, -0.1) is 0 Å². The van der Waals surface area contributed by atoms with Crippen LogP contribution in [0.1, 0.15) is 22.8 Å². The molecule has 0 heterocycles. The zero-order valence-electron chi connectivity index (χ0n) is 12.6. The monoisotopic (exact) mass is 359 g/mol. The van der Waals surface area contributed by atoms with Gasteiger partial charge in [0, 0.05) is 28.0 Å². The minimum absolute atomic E-state index is 0.0506. The number of halogens is 1. The van der Waals surface area contributed by atoms with Crippen molar-refractivity contribution in [3.8, 4) is 5.75 Å². The van der Waals surface area contributed by atoms with Gasteiger partial charge in [-0.3, -0.25) is 4.79 Å². The second kappa shape index (κ2) is 7.80. The molecule has 3 nitrogen and oxygen atoms in total. The van der Waals surface area contributed by atoms with Crippen molar-refractivity contribution in [1.82, 2.24) is 0 Å². The van der Waals surface area contributed by atoms with Crippen molar-refractivity contribution in [3.63, 3.8) is 0 Å². The molecular formula is C18H18BrNO2. The topological polar surface area (TPSA) is 38.3 Å². The fourth-order valence-electron chi connectivity index (χ4n) is 1.97. The molecule has 0 unspecified atom stereocenters. The Kier molecular flexibility index (Phi) is 5.78. The van der Waals surface area contributed by atoms with Gasteiger partial charge in [-0.05, 0) is 61.9 Å². The summed E-state index contributed by atoms with van der Waals surface area (Å²) in [6.07, 6.45) is 3.19. The molecule has 1 N–H and O–H groups in total. The number of ether oxygens (including phenoxy) is 1. The number of anilines is 1. The molecule has 2 aromatic rings. The summed E-state index contributed by atoms with van der Waals surface area (Å²) in [6.45, 7) is 4.55. The smallest absolute Gasteiger partial charge is 0.187 e. The molecule has 0 spiro atoms. The molecule has 0 radical (unpaired) electrons. The SMILES string of the molecule is CCOc1ccc(C(=O)/C=C/Nc2ccc(Br)cc2C)cc1. The summed E-state index contributed by atoms with van der Waals surface area (Å²) in [4.78, 5) is 12.1. The molecule has 0 aromatic heterocycles. The van der Waals surface area contributed by atoms with Crippen LogP contribution in [0.4, 0.5) is 5.69 Å². The zero-order chi connectivity index (χ0) is 15.9. The fraction of sp³-hybridized carbons (Fsp3) is 0.167. The average Bonchev–Trinajstić information content (AvgIpc) is 2.50. The second-order valence-corrected chi connectivity index (χ2v) is 5.67. The molecule has 0 saturated heterocycles. The van der Waals surface area contributed by atoms with E-state index in [0.717, 1.165) is 21.5 Å². The lowest BCUT2D eigenvalue weighted by Gasteiger charge is -2.05. The van der Waals surface area contributed by atoms with Gasteiger partial charge in [-0.25, -0.2) is 0 Å². The van der Waals surface area contributed by atoms with Crippen LogP contribution < -0.4 is 10.1 Å². The number of aryl methyl sites for hydroxylation is 1. The Bertz CT molecular complexity index is 678. The number of hydrogen-bond acceptors (Lipinski definition) is 3. The third-order valence-electron chi connectivity index (χ3n) is 3.11. The molecule has 2 aromatic carbocycles. The Morgan fingerprint density at radius 1 is 1.23 bits per heavy atom. The molecule has 0 aliphatic carbocycles. The van der Waals surface area contributed by atoms with Gasteiger partial charge in [0.15, 0.2) is 5.78 Å². The summed E-state index contributed by atoms with van der Waals surface area (Å²) in [7, 11) is 0. The third kappa shape index (κ3) is 4.46. The van der Waals surface area contributed by atoms with E-state index in [0.29, 0.717) is 12.2 Å². The summed E-state index contributed by atoms with van der Waals surface area (Å²) in [5.74, 6) is 0.719. The summed E-state index contributed by atoms with van der Waals surface area (Å²) >= 11 is 3.42. The van der Waals surface area contributed by atoms with Crippen molar-refractivity contribution in [2.24, 2.45) is 0 Å². The van der Waals surface area contributed by atoms with Gasteiger partial charge in [-0.1, -0.05) is 15.9 Å². The first-order chi connectivity index (χ1) is 10.6. The van der Waals surface area contributed by atoms with Crippen LogP contribution in [0.25, 0.3) is 0 Å². The maximum Gasteiger partial charge on any atom is 0.187 e. The highest BCUT2D eigenvalue weighted by atomic mass is 79.9. The maximum absolute atomic E-state index is 12.1. The fourth-order valence-corrected chi connectivity index (χ4v) is 2.45. The minimum atomic E-state index is -0.0506. The molecule has 0 saturated carbocycles. The number of nitrogens with one attached hydrogen (secondary N) is 1. The van der Waals surface area contributed by atoms with E-state index in [1.54, 1.807) is 30.5 Å². The van der Waals surface area contributed by atoms with Gasteiger partial charge >= 0.3 is 0 Å². The predicted molar refractivity (Wildman–Crippen MR) is 93.6 cm³/mol. The van der Waals surface area contributed by atoms with E-state index in [1.807, 2.05) is 32.0 Å². The van der Waals surface area contributed by atoms with Crippen LogP contribution in [0.3, 0.4) is 0 Å². The van der Waals surface area contributed by atoms with E-state index in [1.165, 1.54) is 6.08 Å². The highest BCUT2D eigenvalue weighted by molar-refractivity contribution is 9.10. The van der Waals surface area contributed by atoms with Gasteiger partial charge in [0.2, 0.25) is 0 Å². The number of rotatable bonds is 6. The Morgan fingerprint density at radius 3 is 2.59 bits per heavy atom. The molecule has 2 rings (SSSR count). The van der Waals surface area contributed by atoms with E-state index in [4.69, 9.17) is 4.74 Å². The van der Waals surface area contributed by atoms with Crippen LogP contribution in [0.2, 0.25) is 0 Å². The third-order valence-corrected chi connectivity index (χ3v) is 3.61. The van der Waals surface area contributed by atoms with Crippen LogP contribution in [-0.4, -0.2) is 12.4 Å². The molecule has 0 bridgehead atoms. The van der Waals surface area contributed by atoms with Gasteiger partial charge in [-0.2, -0.15) is 0 Å². The van der Waals surface area contributed by atoms with E-state index < -0.39 is 0 Å². The lowest BCUT2D eigenvalue weighted by molar-refractivity contribution is 0.104. The molecule has 4 heteroatoms. The first-order valence-electron chi connectivity index (χ1n) is 7.06. The van der Waals surface area contributed by atoms with Crippen LogP contribution >= 0.6 is 15.9 Å². The van der Waals surface area contributed by atoms with E-state index >= 15 is 0 Å². The Labute approximate surface area is 139 Å². The number of benzene rings is 2. The van der Waals surface area contributed by atoms with Crippen molar-refractivity contribution in [1.29, 1.82) is 0 Å². The van der Waals surface area contributed by atoms with Crippen LogP contribution in [-0.2, 0) is 0 Å². The summed E-state index contributed by atoms with van der Waals surface area (Å²) in [5, 5.41) is 3.13. The Morgan fingerprint density at radius 2 is 1.95 bits per heavy atom. The van der Waals surface area contributed by atoms with Gasteiger partial charge in [0.1, 0.15) is 5.75 Å². The summed E-state index contributed by atoms with van der Waals surface area (Å²) < 4.78 is 6.39. The standard InChI is InChI=1S/C18H18BrNO2/c1-3-22-16-7-4-14(5-8-16)18(21)10-11-20-17-9-6-15(19)12-13(17)2/h4-12,20H,3H2,1-2H3/b11-10+. The zero-order valence-corrected chi connectivity index (χ0v) is 14.2. The van der Waals surface area contributed by atoms with Crippen LogP contribution in [0.5, 0.6) is 5.75 Å². The number of ketones is 1. The van der Waals surface area contributed by atoms with Gasteiger partial charge < -0.3 is 10.1 Å². The van der Waals surface area contributed by atoms with Gasteiger partial charge in [0.05, 0.1) is 6.61 Å².